The van der Waals surface area contributed by atoms with Crippen molar-refractivity contribution in [3.63, 3.8) is 0 Å². The minimum Gasteiger partial charge on any atom is -0.494 e. The predicted molar refractivity (Wildman–Crippen MR) is 104 cm³/mol. The second-order valence-corrected chi connectivity index (χ2v) is 7.66. The molecule has 0 spiro atoms. The first-order valence-electron chi connectivity index (χ1n) is 9.83. The normalized spacial score (nSPS) is 27.4. The van der Waals surface area contributed by atoms with Gasteiger partial charge in [0.1, 0.15) is 6.10 Å². The summed E-state index contributed by atoms with van der Waals surface area (Å²) in [6.07, 6.45) is 5.63. The SMILES string of the molecule is COc1ccc(CN2CC[C@]3(OC)CC[C@H](Oc4ccccn4)C[C@H]23)cc1F. The number of hydrogen-bond acceptors (Lipinski definition) is 5. The van der Waals surface area contributed by atoms with Crippen molar-refractivity contribution in [2.24, 2.45) is 0 Å². The molecule has 0 amide bonds. The van der Waals surface area contributed by atoms with Gasteiger partial charge in [-0.1, -0.05) is 12.1 Å². The van der Waals surface area contributed by atoms with Crippen LogP contribution in [0.2, 0.25) is 0 Å². The van der Waals surface area contributed by atoms with Crippen molar-refractivity contribution in [3.8, 4) is 11.6 Å². The Morgan fingerprint density at radius 1 is 1.21 bits per heavy atom. The molecule has 2 aliphatic rings. The minimum atomic E-state index is -0.322. The monoisotopic (exact) mass is 386 g/mol. The lowest BCUT2D eigenvalue weighted by Crippen LogP contribution is -2.52. The average molecular weight is 386 g/mol. The van der Waals surface area contributed by atoms with Gasteiger partial charge in [0.05, 0.1) is 12.7 Å². The van der Waals surface area contributed by atoms with Crippen molar-refractivity contribution in [3.05, 3.63) is 54.0 Å². The molecule has 2 heterocycles. The highest BCUT2D eigenvalue weighted by atomic mass is 19.1. The maximum atomic E-state index is 14.1. The molecule has 28 heavy (non-hydrogen) atoms. The number of fused-ring (bicyclic) bond motifs is 1. The van der Waals surface area contributed by atoms with Crippen LogP contribution < -0.4 is 9.47 Å². The van der Waals surface area contributed by atoms with Crippen LogP contribution in [0, 0.1) is 5.82 Å². The Morgan fingerprint density at radius 2 is 2.11 bits per heavy atom. The van der Waals surface area contributed by atoms with Crippen molar-refractivity contribution in [2.45, 2.75) is 50.0 Å². The van der Waals surface area contributed by atoms with Gasteiger partial charge in [-0.2, -0.15) is 0 Å². The highest BCUT2D eigenvalue weighted by Gasteiger charge is 2.51. The molecule has 2 fully saturated rings. The number of hydrogen-bond donors (Lipinski definition) is 0. The summed E-state index contributed by atoms with van der Waals surface area (Å²) < 4.78 is 31.3. The number of benzene rings is 1. The fourth-order valence-electron chi connectivity index (χ4n) is 4.68. The van der Waals surface area contributed by atoms with Gasteiger partial charge in [-0.15, -0.1) is 0 Å². The van der Waals surface area contributed by atoms with E-state index in [2.05, 4.69) is 9.88 Å². The van der Waals surface area contributed by atoms with Crippen LogP contribution in [0.1, 0.15) is 31.2 Å². The zero-order valence-corrected chi connectivity index (χ0v) is 16.4. The lowest BCUT2D eigenvalue weighted by atomic mass is 9.79. The van der Waals surface area contributed by atoms with Crippen LogP contribution in [0.4, 0.5) is 4.39 Å². The maximum Gasteiger partial charge on any atom is 0.213 e. The Balaban J connectivity index is 1.48. The first kappa shape index (κ1) is 19.2. The zero-order chi connectivity index (χ0) is 19.6. The Morgan fingerprint density at radius 3 is 2.82 bits per heavy atom. The molecule has 1 saturated heterocycles. The molecule has 1 saturated carbocycles. The number of aromatic nitrogens is 1. The Hall–Kier alpha value is -2.18. The molecular weight excluding hydrogens is 359 g/mol. The van der Waals surface area contributed by atoms with E-state index < -0.39 is 0 Å². The van der Waals surface area contributed by atoms with Crippen LogP contribution in [0.3, 0.4) is 0 Å². The number of halogens is 1. The summed E-state index contributed by atoms with van der Waals surface area (Å²) in [5, 5.41) is 0. The second-order valence-electron chi connectivity index (χ2n) is 7.66. The van der Waals surface area contributed by atoms with E-state index in [0.717, 1.165) is 37.8 Å². The molecule has 5 nitrogen and oxygen atoms in total. The Bertz CT molecular complexity index is 804. The molecule has 0 N–H and O–H groups in total. The highest BCUT2D eigenvalue weighted by Crippen LogP contribution is 2.43. The topological polar surface area (TPSA) is 43.8 Å². The quantitative estimate of drug-likeness (QED) is 0.755. The summed E-state index contributed by atoms with van der Waals surface area (Å²) in [5.74, 6) is 0.620. The van der Waals surface area contributed by atoms with E-state index in [1.165, 1.54) is 7.11 Å². The maximum absolute atomic E-state index is 14.1. The van der Waals surface area contributed by atoms with E-state index in [4.69, 9.17) is 14.2 Å². The first-order valence-corrected chi connectivity index (χ1v) is 9.83. The lowest BCUT2D eigenvalue weighted by Gasteiger charge is -2.43. The fraction of sp³-hybridized carbons (Fsp3) is 0.500. The van der Waals surface area contributed by atoms with Crippen LogP contribution >= 0.6 is 0 Å². The van der Waals surface area contributed by atoms with Gasteiger partial charge in [-0.25, -0.2) is 9.37 Å². The third-order valence-electron chi connectivity index (χ3n) is 6.18. The molecule has 1 aliphatic heterocycles. The number of ether oxygens (including phenoxy) is 3. The highest BCUT2D eigenvalue weighted by molar-refractivity contribution is 5.29. The van der Waals surface area contributed by atoms with Gasteiger partial charge >= 0.3 is 0 Å². The van der Waals surface area contributed by atoms with Gasteiger partial charge < -0.3 is 14.2 Å². The number of nitrogens with zero attached hydrogens (tertiary/aromatic N) is 2. The van der Waals surface area contributed by atoms with Crippen molar-refractivity contribution in [1.82, 2.24) is 9.88 Å². The fourth-order valence-corrected chi connectivity index (χ4v) is 4.68. The molecule has 0 radical (unpaired) electrons. The molecule has 1 aliphatic carbocycles. The summed E-state index contributed by atoms with van der Waals surface area (Å²) in [5.41, 5.74) is 0.799. The van der Waals surface area contributed by atoms with Gasteiger partial charge in [0.15, 0.2) is 11.6 Å². The molecule has 0 unspecified atom stereocenters. The van der Waals surface area contributed by atoms with E-state index in [1.807, 2.05) is 31.4 Å². The summed E-state index contributed by atoms with van der Waals surface area (Å²) in [6, 6.07) is 11.1. The molecule has 3 atom stereocenters. The third kappa shape index (κ3) is 3.71. The zero-order valence-electron chi connectivity index (χ0n) is 16.4. The lowest BCUT2D eigenvalue weighted by molar-refractivity contribution is -0.0843. The number of rotatable bonds is 6. The summed E-state index contributed by atoms with van der Waals surface area (Å²) in [7, 11) is 3.29. The van der Waals surface area contributed by atoms with Gasteiger partial charge in [-0.3, -0.25) is 4.90 Å². The average Bonchev–Trinajstić information content (AvgIpc) is 3.07. The van der Waals surface area contributed by atoms with Crippen molar-refractivity contribution >= 4 is 0 Å². The smallest absolute Gasteiger partial charge is 0.213 e. The van der Waals surface area contributed by atoms with E-state index in [-0.39, 0.29) is 29.3 Å². The predicted octanol–water partition coefficient (Wildman–Crippen LogP) is 3.82. The molecule has 0 bridgehead atoms. The van der Waals surface area contributed by atoms with Gasteiger partial charge in [0, 0.05) is 44.9 Å². The largest absolute Gasteiger partial charge is 0.494 e. The van der Waals surface area contributed by atoms with E-state index in [1.54, 1.807) is 18.3 Å². The van der Waals surface area contributed by atoms with Crippen molar-refractivity contribution < 1.29 is 18.6 Å². The summed E-state index contributed by atoms with van der Waals surface area (Å²) >= 11 is 0. The first-order chi connectivity index (χ1) is 13.6. The second kappa shape index (κ2) is 8.05. The number of pyridine rings is 1. The molecule has 6 heteroatoms. The van der Waals surface area contributed by atoms with E-state index in [9.17, 15) is 4.39 Å². The number of methoxy groups -OCH3 is 2. The minimum absolute atomic E-state index is 0.108. The van der Waals surface area contributed by atoms with Gasteiger partial charge in [0.25, 0.3) is 0 Å². The van der Waals surface area contributed by atoms with Crippen molar-refractivity contribution in [2.75, 3.05) is 20.8 Å². The summed E-state index contributed by atoms with van der Waals surface area (Å²) in [6.45, 7) is 1.62. The Kier molecular flexibility index (Phi) is 5.51. The number of likely N-dealkylation sites (tertiary alicyclic amines) is 1. The van der Waals surface area contributed by atoms with Crippen LogP contribution in [0.5, 0.6) is 11.6 Å². The molecule has 150 valence electrons. The van der Waals surface area contributed by atoms with Crippen LogP contribution in [0.25, 0.3) is 0 Å². The van der Waals surface area contributed by atoms with E-state index >= 15 is 0 Å². The van der Waals surface area contributed by atoms with Gasteiger partial charge in [-0.05, 0) is 43.0 Å². The third-order valence-corrected chi connectivity index (χ3v) is 6.18. The molecule has 1 aromatic carbocycles. The van der Waals surface area contributed by atoms with Crippen LogP contribution in [-0.2, 0) is 11.3 Å². The van der Waals surface area contributed by atoms with E-state index in [0.29, 0.717) is 12.4 Å². The molecule has 2 aromatic rings. The standard InChI is InChI=1S/C22H27FN2O3/c1-26-19-7-6-16(13-18(19)23)15-25-12-10-22(27-2)9-8-17(14-20(22)25)28-21-5-3-4-11-24-21/h3-7,11,13,17,20H,8-10,12,14-15H2,1-2H3/t17-,20-,22+/m0/s1. The molecular formula is C22H27FN2O3. The van der Waals surface area contributed by atoms with Gasteiger partial charge in [0.2, 0.25) is 5.88 Å². The van der Waals surface area contributed by atoms with Crippen LogP contribution in [0.15, 0.2) is 42.6 Å². The van der Waals surface area contributed by atoms with Crippen molar-refractivity contribution in [1.29, 1.82) is 0 Å². The molecule has 1 aromatic heterocycles. The summed E-state index contributed by atoms with van der Waals surface area (Å²) in [4.78, 5) is 6.69. The van der Waals surface area contributed by atoms with Crippen LogP contribution in [-0.4, -0.2) is 48.4 Å². The molecule has 4 rings (SSSR count). The Labute approximate surface area is 165 Å².